The minimum Gasteiger partial charge on any atom is -0.493 e. The Labute approximate surface area is 537 Å². The lowest BCUT2D eigenvalue weighted by molar-refractivity contribution is -0.148. The van der Waals surface area contributed by atoms with Gasteiger partial charge in [0.2, 0.25) is 23.6 Å². The molecule has 3 atom stereocenters. The minimum atomic E-state index is -0.735. The van der Waals surface area contributed by atoms with Gasteiger partial charge in [0.25, 0.3) is 0 Å². The molecule has 0 saturated carbocycles. The number of methoxy groups -OCH3 is 3. The van der Waals surface area contributed by atoms with E-state index in [-0.39, 0.29) is 119 Å². The lowest BCUT2D eigenvalue weighted by Crippen LogP contribution is -2.43. The number of Topliss-reactive ketones (excluding diaryl/α,β-unsaturated/α-hetero) is 1. The standard InChI is InChI=1S/C65H96FN3O21S/c1-8-11-14-46(13-9-2)49-39-59(73)69(65(49)76)44-57(71)67-41-45(4)90-61(75)17-15-52(70)56-38-50-48(10-3)63(54(79-7)40-55(50)91-56)88-19-12-20-89-64-53(78-6)37-47-42-68(43-51(47)62(64)66)58(72)16-18-60(74)87-36-35-86-34-33-85-32-31-84-30-29-83-28-27-82-26-25-81-24-23-80-22-21-77-5/h37-38,40,45-46,49H,8-36,39,41-44H2,1-7H3,(H,67,71)/t45-,46?,49?/m0/s1. The highest BCUT2D eigenvalue weighted by Gasteiger charge is 2.43. The summed E-state index contributed by atoms with van der Waals surface area (Å²) in [6.45, 7) is 14.0. The summed E-state index contributed by atoms with van der Waals surface area (Å²) in [7, 11) is 4.55. The van der Waals surface area contributed by atoms with Crippen molar-refractivity contribution in [1.82, 2.24) is 15.1 Å². The maximum Gasteiger partial charge on any atom is 0.306 e. The molecule has 24 nitrogen and oxygen atoms in total. The molecule has 2 aliphatic heterocycles. The molecule has 0 aliphatic carbocycles. The van der Waals surface area contributed by atoms with Crippen LogP contribution in [0.4, 0.5) is 4.39 Å². The van der Waals surface area contributed by atoms with Crippen molar-refractivity contribution in [2.75, 3.05) is 153 Å². The smallest absolute Gasteiger partial charge is 0.306 e. The summed E-state index contributed by atoms with van der Waals surface area (Å²) in [5, 5.41) is 3.45. The topological polar surface area (TPSA) is 267 Å². The Morgan fingerprint density at radius 3 is 1.79 bits per heavy atom. The lowest BCUT2D eigenvalue weighted by atomic mass is 9.83. The minimum absolute atomic E-state index is 0.0100. The van der Waals surface area contributed by atoms with Crippen LogP contribution in [0.3, 0.4) is 0 Å². The van der Waals surface area contributed by atoms with Crippen molar-refractivity contribution in [3.05, 3.63) is 45.6 Å². The van der Waals surface area contributed by atoms with E-state index in [4.69, 9.17) is 66.3 Å². The second kappa shape index (κ2) is 42.9. The number of rotatable bonds is 51. The molecule has 1 fully saturated rings. The van der Waals surface area contributed by atoms with E-state index in [1.807, 2.05) is 6.92 Å². The quantitative estimate of drug-likeness (QED) is 0.0250. The number of imide groups is 1. The highest BCUT2D eigenvalue weighted by Crippen LogP contribution is 2.43. The molecule has 0 spiro atoms. The molecule has 91 heavy (non-hydrogen) atoms. The van der Waals surface area contributed by atoms with Gasteiger partial charge in [-0.3, -0.25) is 38.5 Å². The summed E-state index contributed by atoms with van der Waals surface area (Å²) in [5.41, 5.74) is 1.67. The number of nitrogens with one attached hydrogen (secondary N) is 1. The number of benzene rings is 2. The molecule has 1 saturated heterocycles. The molecular formula is C65H96FN3O21S. The van der Waals surface area contributed by atoms with Gasteiger partial charge < -0.3 is 76.5 Å². The third kappa shape index (κ3) is 25.7. The number of thiophene rings is 1. The van der Waals surface area contributed by atoms with Crippen LogP contribution >= 0.6 is 11.3 Å². The van der Waals surface area contributed by atoms with Crippen molar-refractivity contribution in [2.45, 2.75) is 124 Å². The van der Waals surface area contributed by atoms with Crippen LogP contribution in [0.15, 0.2) is 18.2 Å². The molecule has 2 aliphatic rings. The average molecular weight is 1310 g/mol. The number of ketones is 1. The number of carbonyl (C=O) groups is 7. The number of esters is 2. The summed E-state index contributed by atoms with van der Waals surface area (Å²) in [4.78, 5) is 93.7. The average Bonchev–Trinajstić information content (AvgIpc) is 1.73. The van der Waals surface area contributed by atoms with Gasteiger partial charge in [0.15, 0.2) is 34.6 Å². The highest BCUT2D eigenvalue weighted by atomic mass is 32.1. The number of halogens is 1. The molecular weight excluding hydrogens is 1210 g/mol. The highest BCUT2D eigenvalue weighted by molar-refractivity contribution is 7.20. The molecule has 1 aromatic heterocycles. The van der Waals surface area contributed by atoms with E-state index < -0.39 is 42.2 Å². The summed E-state index contributed by atoms with van der Waals surface area (Å²) in [6.07, 6.45) is 4.23. The Kier molecular flexibility index (Phi) is 35.7. The second-order valence-electron chi connectivity index (χ2n) is 21.8. The monoisotopic (exact) mass is 1310 g/mol. The van der Waals surface area contributed by atoms with Crippen LogP contribution in [0.1, 0.15) is 125 Å². The Balaban J connectivity index is 0.938. The molecule has 2 unspecified atom stereocenters. The molecule has 4 amide bonds. The van der Waals surface area contributed by atoms with Gasteiger partial charge in [-0.1, -0.05) is 40.0 Å². The van der Waals surface area contributed by atoms with Crippen LogP contribution in [0.25, 0.3) is 10.1 Å². The predicted molar refractivity (Wildman–Crippen MR) is 333 cm³/mol. The van der Waals surface area contributed by atoms with Gasteiger partial charge in [0, 0.05) is 73.2 Å². The van der Waals surface area contributed by atoms with Crippen LogP contribution in [0, 0.1) is 17.7 Å². The van der Waals surface area contributed by atoms with Crippen LogP contribution < -0.4 is 24.3 Å². The zero-order valence-electron chi connectivity index (χ0n) is 54.3. The number of hydrogen-bond acceptors (Lipinski definition) is 22. The Hall–Kier alpha value is -6.10. The third-order valence-electron chi connectivity index (χ3n) is 15.1. The third-order valence-corrected chi connectivity index (χ3v) is 16.2. The van der Waals surface area contributed by atoms with Gasteiger partial charge in [-0.15, -0.1) is 11.3 Å². The molecule has 3 aromatic rings. The van der Waals surface area contributed by atoms with Gasteiger partial charge in [0.1, 0.15) is 19.3 Å². The van der Waals surface area contributed by atoms with E-state index in [1.54, 1.807) is 32.2 Å². The zero-order chi connectivity index (χ0) is 65.8. The van der Waals surface area contributed by atoms with Gasteiger partial charge in [-0.25, -0.2) is 4.39 Å². The van der Waals surface area contributed by atoms with Crippen molar-refractivity contribution < 1.29 is 104 Å². The van der Waals surface area contributed by atoms with Crippen molar-refractivity contribution in [1.29, 1.82) is 0 Å². The number of likely N-dealkylation sites (tertiary alicyclic amines) is 1. The number of aryl methyl sites for hydroxylation is 1. The normalized spacial score (nSPS) is 14.4. The summed E-state index contributed by atoms with van der Waals surface area (Å²) < 4.78 is 94.1. The van der Waals surface area contributed by atoms with Gasteiger partial charge >= 0.3 is 11.9 Å². The SMILES string of the molecule is CCCCC(CCC)C1CC(=O)N(CC(=O)NC[C@H](C)OC(=O)CCC(=O)c2cc3c(CC)c(OCCCOc4c(OC)cc5c(c4F)CN(C(=O)CCC(=O)OCCOCCOCCOCCOCCOCCOCCOCCOC)C5)c(OC)cc3s2)C1=O. The Morgan fingerprint density at radius 2 is 1.22 bits per heavy atom. The maximum atomic E-state index is 16.1. The number of fused-ring (bicyclic) bond motifs is 2. The van der Waals surface area contributed by atoms with E-state index in [9.17, 15) is 33.6 Å². The van der Waals surface area contributed by atoms with Crippen LogP contribution in [-0.2, 0) is 95.6 Å². The fourth-order valence-corrected chi connectivity index (χ4v) is 11.4. The van der Waals surface area contributed by atoms with Gasteiger partial charge in [0.05, 0.1) is 157 Å². The van der Waals surface area contributed by atoms with Crippen molar-refractivity contribution in [2.24, 2.45) is 11.8 Å². The first kappa shape index (κ1) is 75.6. The fourth-order valence-electron chi connectivity index (χ4n) is 10.3. The molecule has 0 radical (unpaired) electrons. The second-order valence-corrected chi connectivity index (χ2v) is 22.9. The fraction of sp³-hybridized carbons (Fsp3) is 0.677. The molecule has 1 N–H and O–H groups in total. The lowest BCUT2D eigenvalue weighted by Gasteiger charge is -2.22. The molecule has 26 heteroatoms. The van der Waals surface area contributed by atoms with Gasteiger partial charge in [-0.05, 0) is 49.8 Å². The van der Waals surface area contributed by atoms with Crippen molar-refractivity contribution in [3.63, 3.8) is 0 Å². The number of ether oxygens (including phenoxy) is 14. The molecule has 510 valence electrons. The summed E-state index contributed by atoms with van der Waals surface area (Å²) >= 11 is 1.27. The van der Waals surface area contributed by atoms with Crippen LogP contribution in [0.2, 0.25) is 0 Å². The predicted octanol–water partition coefficient (Wildman–Crippen LogP) is 7.39. The Bertz CT molecular complexity index is 2750. The largest absolute Gasteiger partial charge is 0.493 e. The molecule has 2 aromatic carbocycles. The van der Waals surface area contributed by atoms with Crippen molar-refractivity contribution >= 4 is 62.8 Å². The number of unbranched alkanes of at least 4 members (excludes halogenated alkanes) is 1. The molecule has 3 heterocycles. The Morgan fingerprint density at radius 1 is 0.648 bits per heavy atom. The van der Waals surface area contributed by atoms with E-state index in [0.29, 0.717) is 133 Å². The summed E-state index contributed by atoms with van der Waals surface area (Å²) in [6, 6.07) is 5.22. The van der Waals surface area contributed by atoms with Crippen LogP contribution in [0.5, 0.6) is 23.0 Å². The van der Waals surface area contributed by atoms with E-state index in [1.165, 1.54) is 30.5 Å². The summed E-state index contributed by atoms with van der Waals surface area (Å²) in [5.74, 6) is -2.91. The molecule has 0 bridgehead atoms. The molecule has 5 rings (SSSR count). The van der Waals surface area contributed by atoms with E-state index in [2.05, 4.69) is 19.2 Å². The first-order valence-electron chi connectivity index (χ1n) is 31.7. The van der Waals surface area contributed by atoms with E-state index in [0.717, 1.165) is 52.7 Å². The van der Waals surface area contributed by atoms with E-state index >= 15 is 4.39 Å². The maximum absolute atomic E-state index is 16.1. The number of hydrogen-bond donors (Lipinski definition) is 1. The first-order chi connectivity index (χ1) is 44.2. The first-order valence-corrected chi connectivity index (χ1v) is 32.6. The number of amides is 4. The number of carbonyl (C=O) groups excluding carboxylic acids is 7. The van der Waals surface area contributed by atoms with Gasteiger partial charge in [-0.2, -0.15) is 0 Å². The van der Waals surface area contributed by atoms with Crippen molar-refractivity contribution in [3.8, 4) is 23.0 Å². The number of nitrogens with zero attached hydrogens (tertiary/aromatic N) is 2. The van der Waals surface area contributed by atoms with Crippen LogP contribution in [-0.4, -0.2) is 211 Å². The zero-order valence-corrected chi connectivity index (χ0v) is 55.1.